The van der Waals surface area contributed by atoms with E-state index in [-0.39, 0.29) is 22.9 Å². The van der Waals surface area contributed by atoms with Crippen LogP contribution in [0.4, 0.5) is 16.4 Å². The molecule has 0 radical (unpaired) electrons. The molecule has 3 aromatic rings. The van der Waals surface area contributed by atoms with Crippen molar-refractivity contribution in [1.29, 1.82) is 0 Å². The molecule has 4 N–H and O–H groups in total. The van der Waals surface area contributed by atoms with Crippen molar-refractivity contribution >= 4 is 35.3 Å². The van der Waals surface area contributed by atoms with E-state index in [0.29, 0.717) is 24.8 Å². The second-order valence-electron chi connectivity index (χ2n) is 9.82. The maximum Gasteiger partial charge on any atom is 0.322 e. The standard InChI is InChI=1S/C27H31N7O3S/c1-17-4-7-20(8-5-17)34-24(13-22(33-34)27(3)15-37-16-27)31-25(36)32-26-29-14-21(38-26)9-6-19-10-11-28-23(12-19)30-18(2)35/h4-5,7-8,10-14,26,29H,6,9,15-16H2,1-3H3,(H,28,30,35)(H2,31,32,36). The first kappa shape index (κ1) is 25.8. The number of hydrogen-bond donors (Lipinski definition) is 4. The molecule has 5 rings (SSSR count). The third kappa shape index (κ3) is 6.00. The van der Waals surface area contributed by atoms with E-state index >= 15 is 0 Å². The zero-order chi connectivity index (χ0) is 26.7. The summed E-state index contributed by atoms with van der Waals surface area (Å²) in [6.07, 6.45) is 5.20. The van der Waals surface area contributed by atoms with Crippen molar-refractivity contribution in [2.24, 2.45) is 0 Å². The number of anilines is 2. The highest BCUT2D eigenvalue weighted by molar-refractivity contribution is 8.03. The number of aryl methyl sites for hydroxylation is 2. The minimum atomic E-state index is -0.325. The molecule has 0 aliphatic carbocycles. The molecule has 1 atom stereocenters. The third-order valence-electron chi connectivity index (χ3n) is 6.40. The van der Waals surface area contributed by atoms with Crippen molar-refractivity contribution < 1.29 is 14.3 Å². The van der Waals surface area contributed by atoms with E-state index in [1.807, 2.05) is 55.6 Å². The number of allylic oxidation sites excluding steroid dienone is 1. The van der Waals surface area contributed by atoms with Crippen LogP contribution in [0.15, 0.2) is 59.8 Å². The first-order valence-electron chi connectivity index (χ1n) is 12.4. The maximum absolute atomic E-state index is 13.0. The lowest BCUT2D eigenvalue weighted by molar-refractivity contribution is -0.114. The summed E-state index contributed by atoms with van der Waals surface area (Å²) < 4.78 is 7.19. The molecular weight excluding hydrogens is 502 g/mol. The molecule has 2 aliphatic heterocycles. The topological polar surface area (TPSA) is 122 Å². The molecule has 1 fully saturated rings. The number of carbonyl (C=O) groups excluding carboxylic acids is 2. The highest BCUT2D eigenvalue weighted by atomic mass is 32.2. The largest absolute Gasteiger partial charge is 0.379 e. The van der Waals surface area contributed by atoms with Gasteiger partial charge in [-0.25, -0.2) is 14.5 Å². The van der Waals surface area contributed by atoms with Gasteiger partial charge in [0.2, 0.25) is 5.91 Å². The van der Waals surface area contributed by atoms with Crippen LogP contribution in [0.1, 0.15) is 37.1 Å². The summed E-state index contributed by atoms with van der Waals surface area (Å²) in [4.78, 5) is 29.5. The van der Waals surface area contributed by atoms with E-state index in [0.717, 1.165) is 40.3 Å². The summed E-state index contributed by atoms with van der Waals surface area (Å²) in [6.45, 7) is 6.82. The van der Waals surface area contributed by atoms with Crippen molar-refractivity contribution in [2.45, 2.75) is 44.5 Å². The molecule has 198 valence electrons. The van der Waals surface area contributed by atoms with Crippen molar-refractivity contribution in [3.8, 4) is 5.69 Å². The average molecular weight is 534 g/mol. The average Bonchev–Trinajstić information content (AvgIpc) is 3.49. The predicted octanol–water partition coefficient (Wildman–Crippen LogP) is 4.04. The monoisotopic (exact) mass is 533 g/mol. The molecule has 0 saturated carbocycles. The molecule has 3 amide bonds. The smallest absolute Gasteiger partial charge is 0.322 e. The Morgan fingerprint density at radius 1 is 1.16 bits per heavy atom. The number of rotatable bonds is 8. The van der Waals surface area contributed by atoms with Crippen LogP contribution in [0.3, 0.4) is 0 Å². The Kier molecular flexibility index (Phi) is 7.39. The molecular formula is C27H31N7O3S. The van der Waals surface area contributed by atoms with Crippen LogP contribution >= 0.6 is 11.8 Å². The summed E-state index contributed by atoms with van der Waals surface area (Å²) in [5.74, 6) is 0.993. The molecule has 1 saturated heterocycles. The Morgan fingerprint density at radius 2 is 1.95 bits per heavy atom. The summed E-state index contributed by atoms with van der Waals surface area (Å²) in [5.41, 5.74) is 3.53. The number of carbonyl (C=O) groups is 2. The fourth-order valence-electron chi connectivity index (χ4n) is 4.21. The Bertz CT molecular complexity index is 1370. The Balaban J connectivity index is 1.18. The van der Waals surface area contributed by atoms with Gasteiger partial charge in [0.15, 0.2) is 5.50 Å². The first-order chi connectivity index (χ1) is 18.3. The lowest BCUT2D eigenvalue weighted by Gasteiger charge is -2.36. The number of amides is 3. The number of aromatic nitrogens is 3. The van der Waals surface area contributed by atoms with Crippen LogP contribution in [0.25, 0.3) is 5.69 Å². The van der Waals surface area contributed by atoms with Crippen molar-refractivity contribution in [3.05, 3.63) is 76.6 Å². The van der Waals surface area contributed by atoms with Crippen molar-refractivity contribution in [2.75, 3.05) is 23.8 Å². The summed E-state index contributed by atoms with van der Waals surface area (Å²) in [7, 11) is 0. The third-order valence-corrected chi connectivity index (χ3v) is 7.52. The van der Waals surface area contributed by atoms with Gasteiger partial charge in [0.25, 0.3) is 0 Å². The Labute approximate surface area is 225 Å². The van der Waals surface area contributed by atoms with E-state index in [2.05, 4.69) is 33.2 Å². The lowest BCUT2D eigenvalue weighted by atomic mass is 9.85. The molecule has 0 bridgehead atoms. The fraction of sp³-hybridized carbons (Fsp3) is 0.333. The molecule has 1 aromatic carbocycles. The number of hydrogen-bond acceptors (Lipinski definition) is 7. The van der Waals surface area contributed by atoms with Gasteiger partial charge < -0.3 is 20.7 Å². The minimum Gasteiger partial charge on any atom is -0.379 e. The van der Waals surface area contributed by atoms with Crippen LogP contribution in [0.2, 0.25) is 0 Å². The summed E-state index contributed by atoms with van der Waals surface area (Å²) in [5, 5.41) is 16.7. The van der Waals surface area contributed by atoms with Crippen molar-refractivity contribution in [1.82, 2.24) is 25.4 Å². The van der Waals surface area contributed by atoms with Gasteiger partial charge in [-0.3, -0.25) is 10.1 Å². The van der Waals surface area contributed by atoms with Gasteiger partial charge in [0, 0.05) is 30.3 Å². The highest BCUT2D eigenvalue weighted by Crippen LogP contribution is 2.33. The van der Waals surface area contributed by atoms with Gasteiger partial charge >= 0.3 is 6.03 Å². The van der Waals surface area contributed by atoms with E-state index in [1.165, 1.54) is 6.92 Å². The zero-order valence-electron chi connectivity index (χ0n) is 21.6. The van der Waals surface area contributed by atoms with Crippen LogP contribution < -0.4 is 21.3 Å². The Hall–Kier alpha value is -3.83. The molecule has 4 heterocycles. The number of benzene rings is 1. The summed E-state index contributed by atoms with van der Waals surface area (Å²) in [6, 6.07) is 13.4. The molecule has 38 heavy (non-hydrogen) atoms. The maximum atomic E-state index is 13.0. The second kappa shape index (κ2) is 10.9. The first-order valence-corrected chi connectivity index (χ1v) is 13.3. The van der Waals surface area contributed by atoms with Gasteiger partial charge in [0.1, 0.15) is 11.6 Å². The van der Waals surface area contributed by atoms with Crippen molar-refractivity contribution in [3.63, 3.8) is 0 Å². The normalized spacial score (nSPS) is 17.7. The number of pyridine rings is 1. The minimum absolute atomic E-state index is 0.149. The lowest BCUT2D eigenvalue weighted by Crippen LogP contribution is -2.44. The fourth-order valence-corrected chi connectivity index (χ4v) is 5.17. The molecule has 2 aliphatic rings. The number of thioether (sulfide) groups is 1. The van der Waals surface area contributed by atoms with E-state index < -0.39 is 0 Å². The molecule has 0 spiro atoms. The molecule has 1 unspecified atom stereocenters. The van der Waals surface area contributed by atoms with E-state index in [9.17, 15) is 9.59 Å². The van der Waals surface area contributed by atoms with Crippen LogP contribution in [-0.4, -0.2) is 45.4 Å². The predicted molar refractivity (Wildman–Crippen MR) is 148 cm³/mol. The van der Waals surface area contributed by atoms with Gasteiger partial charge in [-0.15, -0.1) is 0 Å². The molecule has 11 heteroatoms. The molecule has 10 nitrogen and oxygen atoms in total. The van der Waals surface area contributed by atoms with E-state index in [1.54, 1.807) is 22.6 Å². The van der Waals surface area contributed by atoms with E-state index in [4.69, 9.17) is 9.84 Å². The van der Waals surface area contributed by atoms with Crippen LogP contribution in [-0.2, 0) is 21.4 Å². The van der Waals surface area contributed by atoms with Crippen LogP contribution in [0.5, 0.6) is 0 Å². The van der Waals surface area contributed by atoms with Gasteiger partial charge in [-0.05, 0) is 56.5 Å². The highest BCUT2D eigenvalue weighted by Gasteiger charge is 2.38. The Morgan fingerprint density at radius 3 is 2.66 bits per heavy atom. The van der Waals surface area contributed by atoms with Gasteiger partial charge in [-0.1, -0.05) is 29.5 Å². The number of nitrogens with zero attached hydrogens (tertiary/aromatic N) is 3. The van der Waals surface area contributed by atoms with Crippen LogP contribution in [0, 0.1) is 6.92 Å². The number of urea groups is 1. The number of ether oxygens (including phenoxy) is 1. The zero-order valence-corrected chi connectivity index (χ0v) is 22.4. The van der Waals surface area contributed by atoms with Gasteiger partial charge in [0.05, 0.1) is 30.0 Å². The SMILES string of the molecule is CC(=O)Nc1cc(CCC2=CNC(NC(=O)Nc3cc(C4(C)COC4)nn3-c3ccc(C)cc3)S2)ccn1. The summed E-state index contributed by atoms with van der Waals surface area (Å²) >= 11 is 1.56. The quantitative estimate of drug-likeness (QED) is 0.345. The van der Waals surface area contributed by atoms with Gasteiger partial charge in [-0.2, -0.15) is 5.10 Å². The second-order valence-corrected chi connectivity index (χ2v) is 11.1. The number of nitrogens with one attached hydrogen (secondary N) is 4. The molecule has 2 aromatic heterocycles.